The van der Waals surface area contributed by atoms with Crippen LogP contribution in [0.25, 0.3) is 0 Å². The van der Waals surface area contributed by atoms with Crippen molar-refractivity contribution in [2.24, 2.45) is 0 Å². The lowest BCUT2D eigenvalue weighted by Gasteiger charge is -2.21. The maximum atomic E-state index is 5.90. The van der Waals surface area contributed by atoms with Crippen LogP contribution in [0.5, 0.6) is 0 Å². The molecule has 1 aromatic heterocycles. The van der Waals surface area contributed by atoms with E-state index in [1.54, 1.807) is 7.11 Å². The predicted molar refractivity (Wildman–Crippen MR) is 70.2 cm³/mol. The molecule has 96 valence electrons. The van der Waals surface area contributed by atoms with Crippen molar-refractivity contribution in [1.29, 1.82) is 0 Å². The topological polar surface area (TPSA) is 64.3 Å². The molecule has 0 bridgehead atoms. The SMILES string of the molecule is CCCc1c(N)ncnc1N(C)CCCOC. The molecule has 0 aliphatic heterocycles. The van der Waals surface area contributed by atoms with Crippen LogP contribution in [0.1, 0.15) is 25.3 Å². The normalized spacial score (nSPS) is 10.5. The number of aromatic nitrogens is 2. The fourth-order valence-corrected chi connectivity index (χ4v) is 1.79. The van der Waals surface area contributed by atoms with Gasteiger partial charge < -0.3 is 15.4 Å². The van der Waals surface area contributed by atoms with Crippen LogP contribution in [-0.4, -0.2) is 37.3 Å². The first kappa shape index (κ1) is 13.7. The summed E-state index contributed by atoms with van der Waals surface area (Å²) in [6.07, 6.45) is 4.45. The Morgan fingerprint density at radius 1 is 1.41 bits per heavy atom. The van der Waals surface area contributed by atoms with E-state index in [9.17, 15) is 0 Å². The zero-order chi connectivity index (χ0) is 12.7. The van der Waals surface area contributed by atoms with E-state index in [-0.39, 0.29) is 0 Å². The van der Waals surface area contributed by atoms with Crippen LogP contribution in [-0.2, 0) is 11.2 Å². The fraction of sp³-hybridized carbons (Fsp3) is 0.667. The van der Waals surface area contributed by atoms with Gasteiger partial charge in [-0.05, 0) is 12.8 Å². The summed E-state index contributed by atoms with van der Waals surface area (Å²) < 4.78 is 5.05. The molecule has 2 N–H and O–H groups in total. The highest BCUT2D eigenvalue weighted by molar-refractivity contribution is 5.56. The third-order valence-electron chi connectivity index (χ3n) is 2.66. The zero-order valence-electron chi connectivity index (χ0n) is 10.9. The molecule has 0 radical (unpaired) electrons. The molecule has 1 heterocycles. The molecule has 0 saturated carbocycles. The first-order valence-corrected chi connectivity index (χ1v) is 6.00. The number of hydrogen-bond acceptors (Lipinski definition) is 5. The third kappa shape index (κ3) is 3.85. The Balaban J connectivity index is 2.77. The van der Waals surface area contributed by atoms with E-state index >= 15 is 0 Å². The molecule has 1 rings (SSSR count). The highest BCUT2D eigenvalue weighted by Crippen LogP contribution is 2.22. The van der Waals surface area contributed by atoms with E-state index in [1.807, 2.05) is 7.05 Å². The third-order valence-corrected chi connectivity index (χ3v) is 2.66. The van der Waals surface area contributed by atoms with Crippen LogP contribution in [0.2, 0.25) is 0 Å². The maximum absolute atomic E-state index is 5.90. The van der Waals surface area contributed by atoms with Crippen LogP contribution in [0, 0.1) is 0 Å². The highest BCUT2D eigenvalue weighted by Gasteiger charge is 2.11. The molecule has 0 aromatic carbocycles. The van der Waals surface area contributed by atoms with Crippen LogP contribution in [0.3, 0.4) is 0 Å². The molecule has 0 atom stereocenters. The molecular formula is C12H22N4O. The number of nitrogen functional groups attached to an aromatic ring is 1. The molecule has 17 heavy (non-hydrogen) atoms. The predicted octanol–water partition coefficient (Wildman–Crippen LogP) is 1.48. The molecule has 0 aliphatic carbocycles. The van der Waals surface area contributed by atoms with Gasteiger partial charge in [0.25, 0.3) is 0 Å². The number of anilines is 2. The van der Waals surface area contributed by atoms with Crippen LogP contribution in [0.15, 0.2) is 6.33 Å². The van der Waals surface area contributed by atoms with Gasteiger partial charge in [-0.3, -0.25) is 0 Å². The van der Waals surface area contributed by atoms with E-state index in [2.05, 4.69) is 21.8 Å². The summed E-state index contributed by atoms with van der Waals surface area (Å²) in [5.41, 5.74) is 6.95. The van der Waals surface area contributed by atoms with Gasteiger partial charge in [0.15, 0.2) is 0 Å². The minimum absolute atomic E-state index is 0.593. The molecule has 0 spiro atoms. The summed E-state index contributed by atoms with van der Waals surface area (Å²) in [6.45, 7) is 3.79. The van der Waals surface area contributed by atoms with E-state index in [0.29, 0.717) is 5.82 Å². The number of nitrogens with two attached hydrogens (primary N) is 1. The molecule has 0 aliphatic rings. The van der Waals surface area contributed by atoms with Gasteiger partial charge in [0.05, 0.1) is 0 Å². The van der Waals surface area contributed by atoms with E-state index in [1.165, 1.54) is 6.33 Å². The van der Waals surface area contributed by atoms with Gasteiger partial charge >= 0.3 is 0 Å². The molecule has 5 nitrogen and oxygen atoms in total. The summed E-state index contributed by atoms with van der Waals surface area (Å²) in [5.74, 6) is 1.53. The summed E-state index contributed by atoms with van der Waals surface area (Å²) in [7, 11) is 3.74. The first-order chi connectivity index (χ1) is 8.20. The second-order valence-electron chi connectivity index (χ2n) is 4.08. The van der Waals surface area contributed by atoms with Crippen LogP contribution in [0.4, 0.5) is 11.6 Å². The van der Waals surface area contributed by atoms with Crippen LogP contribution >= 0.6 is 0 Å². The summed E-state index contributed by atoms with van der Waals surface area (Å²) in [6, 6.07) is 0. The standard InChI is InChI=1S/C12H22N4O/c1-4-6-10-11(13)14-9-15-12(10)16(2)7-5-8-17-3/h9H,4-8H2,1-3H3,(H2,13,14,15). The van der Waals surface area contributed by atoms with Gasteiger partial charge in [-0.2, -0.15) is 0 Å². The summed E-state index contributed by atoms with van der Waals surface area (Å²) in [4.78, 5) is 10.5. The lowest BCUT2D eigenvalue weighted by atomic mass is 10.1. The molecule has 0 amide bonds. The van der Waals surface area contributed by atoms with Gasteiger partial charge in [0, 0.05) is 32.9 Å². The highest BCUT2D eigenvalue weighted by atomic mass is 16.5. The van der Waals surface area contributed by atoms with Gasteiger partial charge in [-0.25, -0.2) is 9.97 Å². The molecule has 0 saturated heterocycles. The second kappa shape index (κ2) is 7.06. The molecular weight excluding hydrogens is 216 g/mol. The van der Waals surface area contributed by atoms with Crippen molar-refractivity contribution in [1.82, 2.24) is 9.97 Å². The molecule has 0 unspecified atom stereocenters. The van der Waals surface area contributed by atoms with Crippen molar-refractivity contribution in [3.63, 3.8) is 0 Å². The summed E-state index contributed by atoms with van der Waals surface area (Å²) >= 11 is 0. The Hall–Kier alpha value is -1.36. The average molecular weight is 238 g/mol. The number of rotatable bonds is 7. The quantitative estimate of drug-likeness (QED) is 0.729. The lowest BCUT2D eigenvalue weighted by Crippen LogP contribution is -2.23. The largest absolute Gasteiger partial charge is 0.385 e. The fourth-order valence-electron chi connectivity index (χ4n) is 1.79. The van der Waals surface area contributed by atoms with Gasteiger partial charge in [0.1, 0.15) is 18.0 Å². The monoisotopic (exact) mass is 238 g/mol. The van der Waals surface area contributed by atoms with Gasteiger partial charge in [-0.15, -0.1) is 0 Å². The first-order valence-electron chi connectivity index (χ1n) is 6.00. The van der Waals surface area contributed by atoms with Gasteiger partial charge in [0.2, 0.25) is 0 Å². The van der Waals surface area contributed by atoms with E-state index in [0.717, 1.165) is 43.8 Å². The van der Waals surface area contributed by atoms with E-state index in [4.69, 9.17) is 10.5 Å². The van der Waals surface area contributed by atoms with Crippen molar-refractivity contribution < 1.29 is 4.74 Å². The van der Waals surface area contributed by atoms with E-state index < -0.39 is 0 Å². The lowest BCUT2D eigenvalue weighted by molar-refractivity contribution is 0.196. The number of methoxy groups -OCH3 is 1. The minimum Gasteiger partial charge on any atom is -0.385 e. The van der Waals surface area contributed by atoms with Crippen LogP contribution < -0.4 is 10.6 Å². The average Bonchev–Trinajstić information content (AvgIpc) is 2.32. The smallest absolute Gasteiger partial charge is 0.137 e. The zero-order valence-corrected chi connectivity index (χ0v) is 10.9. The van der Waals surface area contributed by atoms with Crippen molar-refractivity contribution in [2.75, 3.05) is 37.9 Å². The summed E-state index contributed by atoms with van der Waals surface area (Å²) in [5, 5.41) is 0. The van der Waals surface area contributed by atoms with Crippen molar-refractivity contribution in [3.05, 3.63) is 11.9 Å². The second-order valence-corrected chi connectivity index (χ2v) is 4.08. The Morgan fingerprint density at radius 2 is 2.18 bits per heavy atom. The number of ether oxygens (including phenoxy) is 1. The number of nitrogens with zero attached hydrogens (tertiary/aromatic N) is 3. The van der Waals surface area contributed by atoms with Gasteiger partial charge in [-0.1, -0.05) is 13.3 Å². The maximum Gasteiger partial charge on any atom is 0.137 e. The Bertz CT molecular complexity index is 343. The van der Waals surface area contributed by atoms with Crippen molar-refractivity contribution >= 4 is 11.6 Å². The van der Waals surface area contributed by atoms with Crippen molar-refractivity contribution in [2.45, 2.75) is 26.2 Å². The molecule has 0 fully saturated rings. The Labute approximate surface area is 103 Å². The van der Waals surface area contributed by atoms with Crippen molar-refractivity contribution in [3.8, 4) is 0 Å². The Kier molecular flexibility index (Phi) is 5.69. The minimum atomic E-state index is 0.593. The molecule has 1 aromatic rings. The number of hydrogen-bond donors (Lipinski definition) is 1. The Morgan fingerprint density at radius 3 is 2.82 bits per heavy atom. The molecule has 5 heteroatoms.